The molecular weight excluding hydrogens is 212 g/mol. The van der Waals surface area contributed by atoms with Crippen LogP contribution in [0.1, 0.15) is 26.2 Å². The van der Waals surface area contributed by atoms with Crippen molar-refractivity contribution in [2.45, 2.75) is 38.3 Å². The van der Waals surface area contributed by atoms with Gasteiger partial charge in [0.05, 0.1) is 6.26 Å². The van der Waals surface area contributed by atoms with Crippen LogP contribution < -0.4 is 0 Å². The van der Waals surface area contributed by atoms with Crippen LogP contribution in [0.15, 0.2) is 0 Å². The first-order chi connectivity index (χ1) is 7.02. The monoisotopic (exact) mass is 232 g/mol. The van der Waals surface area contributed by atoms with Crippen molar-refractivity contribution in [2.75, 3.05) is 25.9 Å². The minimum Gasteiger partial charge on any atom is -0.297 e. The van der Waals surface area contributed by atoms with Gasteiger partial charge in [0.2, 0.25) is 10.0 Å². The summed E-state index contributed by atoms with van der Waals surface area (Å²) in [6, 6.07) is 0.664. The van der Waals surface area contributed by atoms with Crippen LogP contribution in [0.4, 0.5) is 0 Å². The number of fused-ring (bicyclic) bond motifs is 1. The third-order valence-corrected chi connectivity index (χ3v) is 4.94. The van der Waals surface area contributed by atoms with Crippen molar-refractivity contribution < 1.29 is 8.42 Å². The van der Waals surface area contributed by atoms with E-state index in [1.165, 1.54) is 12.7 Å². The van der Waals surface area contributed by atoms with E-state index in [9.17, 15) is 8.42 Å². The maximum absolute atomic E-state index is 11.7. The molecule has 4 nitrogen and oxygen atoms in total. The van der Waals surface area contributed by atoms with Crippen LogP contribution in [0, 0.1) is 0 Å². The molecule has 2 aliphatic rings. The zero-order chi connectivity index (χ0) is 11.1. The van der Waals surface area contributed by atoms with Gasteiger partial charge in [-0.25, -0.2) is 8.42 Å². The molecule has 88 valence electrons. The average Bonchev–Trinajstić information content (AvgIpc) is 2.60. The quantitative estimate of drug-likeness (QED) is 0.696. The number of nitrogens with zero attached hydrogens (tertiary/aromatic N) is 2. The van der Waals surface area contributed by atoms with Gasteiger partial charge in [-0.15, -0.1) is 0 Å². The summed E-state index contributed by atoms with van der Waals surface area (Å²) in [7, 11) is -3.02. The van der Waals surface area contributed by atoms with Crippen LogP contribution in [-0.4, -0.2) is 55.6 Å². The van der Waals surface area contributed by atoms with Gasteiger partial charge < -0.3 is 0 Å². The second-order valence-corrected chi connectivity index (χ2v) is 6.62. The van der Waals surface area contributed by atoms with E-state index in [4.69, 9.17) is 0 Å². The average molecular weight is 232 g/mol. The lowest BCUT2D eigenvalue weighted by Gasteiger charge is -2.41. The second kappa shape index (κ2) is 4.03. The molecule has 2 saturated heterocycles. The van der Waals surface area contributed by atoms with E-state index < -0.39 is 10.0 Å². The summed E-state index contributed by atoms with van der Waals surface area (Å²) in [5, 5.41) is 0. The number of rotatable bonds is 2. The van der Waals surface area contributed by atoms with E-state index in [2.05, 4.69) is 11.8 Å². The number of sulfonamides is 1. The molecule has 0 bridgehead atoms. The standard InChI is InChI=1S/C10H20N2O2S/c1-3-9-7-11-6-4-5-10(11)8-12(9)15(2,13)14/h9-10H,3-8H2,1-2H3/t9-,10-/m0/s1. The van der Waals surface area contributed by atoms with Gasteiger partial charge in [-0.05, 0) is 25.8 Å². The molecule has 0 aromatic heterocycles. The van der Waals surface area contributed by atoms with Crippen molar-refractivity contribution in [3.8, 4) is 0 Å². The lowest BCUT2D eigenvalue weighted by atomic mass is 10.1. The lowest BCUT2D eigenvalue weighted by Crippen LogP contribution is -2.57. The maximum Gasteiger partial charge on any atom is 0.211 e. The first-order valence-corrected chi connectivity index (χ1v) is 7.58. The highest BCUT2D eigenvalue weighted by Crippen LogP contribution is 2.27. The van der Waals surface area contributed by atoms with E-state index in [1.54, 1.807) is 4.31 Å². The Kier molecular flexibility index (Phi) is 3.05. The largest absolute Gasteiger partial charge is 0.297 e. The molecule has 2 rings (SSSR count). The Morgan fingerprint density at radius 1 is 1.33 bits per heavy atom. The fourth-order valence-corrected chi connectivity index (χ4v) is 4.00. The van der Waals surface area contributed by atoms with Crippen LogP contribution in [0.5, 0.6) is 0 Å². The Morgan fingerprint density at radius 3 is 2.67 bits per heavy atom. The van der Waals surface area contributed by atoms with Crippen LogP contribution in [-0.2, 0) is 10.0 Å². The van der Waals surface area contributed by atoms with Crippen LogP contribution in [0.25, 0.3) is 0 Å². The van der Waals surface area contributed by atoms with Crippen molar-refractivity contribution in [3.63, 3.8) is 0 Å². The third kappa shape index (κ3) is 2.19. The Morgan fingerprint density at radius 2 is 2.07 bits per heavy atom. The third-order valence-electron chi connectivity index (χ3n) is 3.64. The molecule has 0 aliphatic carbocycles. The fraction of sp³-hybridized carbons (Fsp3) is 1.00. The number of hydrogen-bond donors (Lipinski definition) is 0. The van der Waals surface area contributed by atoms with Gasteiger partial charge in [0, 0.05) is 25.2 Å². The lowest BCUT2D eigenvalue weighted by molar-refractivity contribution is 0.107. The van der Waals surface area contributed by atoms with Crippen molar-refractivity contribution in [3.05, 3.63) is 0 Å². The van der Waals surface area contributed by atoms with Gasteiger partial charge in [0.1, 0.15) is 0 Å². The molecule has 2 fully saturated rings. The predicted octanol–water partition coefficient (Wildman–Crippen LogP) is 0.505. The molecule has 2 aliphatic heterocycles. The number of hydrogen-bond acceptors (Lipinski definition) is 3. The van der Waals surface area contributed by atoms with Gasteiger partial charge in [0.15, 0.2) is 0 Å². The summed E-state index contributed by atoms with van der Waals surface area (Å²) < 4.78 is 25.0. The molecule has 0 amide bonds. The summed E-state index contributed by atoms with van der Waals surface area (Å²) in [6.07, 6.45) is 4.62. The normalized spacial score (nSPS) is 34.3. The highest BCUT2D eigenvalue weighted by molar-refractivity contribution is 7.88. The van der Waals surface area contributed by atoms with Gasteiger partial charge in [-0.3, -0.25) is 4.90 Å². The molecule has 0 spiro atoms. The minimum absolute atomic E-state index is 0.189. The summed E-state index contributed by atoms with van der Waals surface area (Å²) in [4.78, 5) is 2.45. The summed E-state index contributed by atoms with van der Waals surface area (Å²) in [6.45, 7) is 4.85. The first kappa shape index (κ1) is 11.4. The zero-order valence-corrected chi connectivity index (χ0v) is 10.3. The molecule has 0 aromatic rings. The van der Waals surface area contributed by atoms with Gasteiger partial charge in [-0.2, -0.15) is 4.31 Å². The van der Waals surface area contributed by atoms with Crippen molar-refractivity contribution in [2.24, 2.45) is 0 Å². The molecule has 5 heteroatoms. The smallest absolute Gasteiger partial charge is 0.211 e. The van der Waals surface area contributed by atoms with Gasteiger partial charge in [-0.1, -0.05) is 6.92 Å². The van der Waals surface area contributed by atoms with Crippen molar-refractivity contribution in [1.82, 2.24) is 9.21 Å². The van der Waals surface area contributed by atoms with Crippen molar-refractivity contribution >= 4 is 10.0 Å². The molecule has 0 unspecified atom stereocenters. The topological polar surface area (TPSA) is 40.6 Å². The molecule has 2 atom stereocenters. The summed E-state index contributed by atoms with van der Waals surface area (Å²) >= 11 is 0. The molecule has 2 heterocycles. The predicted molar refractivity (Wildman–Crippen MR) is 60.2 cm³/mol. The Bertz CT molecular complexity index is 328. The van der Waals surface area contributed by atoms with E-state index >= 15 is 0 Å². The summed E-state index contributed by atoms with van der Waals surface area (Å²) in [5.41, 5.74) is 0. The van der Waals surface area contributed by atoms with Crippen LogP contribution >= 0.6 is 0 Å². The SMILES string of the molecule is CC[C@H]1CN2CCC[C@H]2CN1S(C)(=O)=O. The number of piperazine rings is 1. The molecule has 0 N–H and O–H groups in total. The van der Waals surface area contributed by atoms with Gasteiger partial charge in [0.25, 0.3) is 0 Å². The first-order valence-electron chi connectivity index (χ1n) is 5.73. The van der Waals surface area contributed by atoms with E-state index in [0.717, 1.165) is 25.9 Å². The fourth-order valence-electron chi connectivity index (χ4n) is 2.80. The minimum atomic E-state index is -3.02. The molecule has 0 radical (unpaired) electrons. The zero-order valence-electron chi connectivity index (χ0n) is 9.52. The maximum atomic E-state index is 11.7. The highest BCUT2D eigenvalue weighted by atomic mass is 32.2. The molecule has 0 aromatic carbocycles. The molecule has 0 saturated carbocycles. The van der Waals surface area contributed by atoms with Crippen LogP contribution in [0.3, 0.4) is 0 Å². The second-order valence-electron chi connectivity index (χ2n) is 4.69. The Labute approximate surface area is 92.3 Å². The van der Waals surface area contributed by atoms with Crippen molar-refractivity contribution in [1.29, 1.82) is 0 Å². The highest BCUT2D eigenvalue weighted by Gasteiger charge is 2.39. The molecule has 15 heavy (non-hydrogen) atoms. The van der Waals surface area contributed by atoms with E-state index in [1.807, 2.05) is 0 Å². The van der Waals surface area contributed by atoms with Gasteiger partial charge >= 0.3 is 0 Å². The molecular formula is C10H20N2O2S. The Hall–Kier alpha value is -0.130. The summed E-state index contributed by atoms with van der Waals surface area (Å²) in [5.74, 6) is 0. The Balaban J connectivity index is 2.16. The van der Waals surface area contributed by atoms with E-state index in [-0.39, 0.29) is 6.04 Å². The van der Waals surface area contributed by atoms with Crippen LogP contribution in [0.2, 0.25) is 0 Å². The van der Waals surface area contributed by atoms with E-state index in [0.29, 0.717) is 12.6 Å².